The van der Waals surface area contributed by atoms with Crippen LogP contribution in [-0.4, -0.2) is 29.3 Å². The summed E-state index contributed by atoms with van der Waals surface area (Å²) in [5.41, 5.74) is 5.92. The fourth-order valence-electron chi connectivity index (χ4n) is 1.78. The number of nitrogens with zero attached hydrogens (tertiary/aromatic N) is 2. The van der Waals surface area contributed by atoms with Gasteiger partial charge < -0.3 is 0 Å². The van der Waals surface area contributed by atoms with Crippen molar-refractivity contribution in [3.05, 3.63) is 0 Å². The molecule has 2 aliphatic rings. The van der Waals surface area contributed by atoms with Gasteiger partial charge in [0, 0.05) is 6.04 Å². The highest BCUT2D eigenvalue weighted by molar-refractivity contribution is 5.86. The van der Waals surface area contributed by atoms with Gasteiger partial charge in [-0.15, -0.1) is 0 Å². The standard InChI is InChI=1S/C9H16N4O/c1-9(2,3)7-4-6-8(14)11-10-5-13(6)12-7/h5-7,12H,4H2,1-3H3,(H,11,14). The van der Waals surface area contributed by atoms with Gasteiger partial charge in [0.15, 0.2) is 0 Å². The number of nitrogens with one attached hydrogen (secondary N) is 2. The van der Waals surface area contributed by atoms with Gasteiger partial charge in [-0.2, -0.15) is 5.10 Å². The molecule has 1 amide bonds. The second-order valence-electron chi connectivity index (χ2n) is 4.93. The number of fused-ring (bicyclic) bond motifs is 1. The summed E-state index contributed by atoms with van der Waals surface area (Å²) in [7, 11) is 0. The van der Waals surface area contributed by atoms with Gasteiger partial charge in [0.1, 0.15) is 12.4 Å². The largest absolute Gasteiger partial charge is 0.284 e. The minimum absolute atomic E-state index is 0.0215. The molecule has 78 valence electrons. The van der Waals surface area contributed by atoms with E-state index in [2.05, 4.69) is 36.7 Å². The molecule has 2 N–H and O–H groups in total. The first-order valence-corrected chi connectivity index (χ1v) is 4.86. The van der Waals surface area contributed by atoms with Crippen molar-refractivity contribution in [1.82, 2.24) is 15.9 Å². The van der Waals surface area contributed by atoms with Crippen molar-refractivity contribution in [1.29, 1.82) is 0 Å². The number of hydrogen-bond acceptors (Lipinski definition) is 4. The van der Waals surface area contributed by atoms with E-state index in [1.807, 2.05) is 0 Å². The zero-order chi connectivity index (χ0) is 10.3. The molecule has 0 radical (unpaired) electrons. The Hall–Kier alpha value is -1.10. The lowest BCUT2D eigenvalue weighted by Gasteiger charge is -2.27. The second-order valence-corrected chi connectivity index (χ2v) is 4.93. The summed E-state index contributed by atoms with van der Waals surface area (Å²) in [6.45, 7) is 6.49. The molecule has 0 bridgehead atoms. The monoisotopic (exact) mass is 196 g/mol. The topological polar surface area (TPSA) is 56.7 Å². The average molecular weight is 196 g/mol. The fourth-order valence-corrected chi connectivity index (χ4v) is 1.78. The maximum atomic E-state index is 11.4. The van der Waals surface area contributed by atoms with E-state index < -0.39 is 0 Å². The molecule has 5 heteroatoms. The molecule has 2 rings (SSSR count). The molecule has 0 saturated carbocycles. The van der Waals surface area contributed by atoms with Crippen LogP contribution in [0.25, 0.3) is 0 Å². The zero-order valence-corrected chi connectivity index (χ0v) is 8.74. The first-order chi connectivity index (χ1) is 6.48. The van der Waals surface area contributed by atoms with Crippen molar-refractivity contribution in [3.8, 4) is 0 Å². The predicted octanol–water partition coefficient (Wildman–Crippen LogP) is 0.0531. The van der Waals surface area contributed by atoms with E-state index in [1.165, 1.54) is 0 Å². The number of hydrogen-bond donors (Lipinski definition) is 2. The molecular formula is C9H16N4O. The third kappa shape index (κ3) is 1.48. The first-order valence-electron chi connectivity index (χ1n) is 4.86. The molecule has 1 fully saturated rings. The lowest BCUT2D eigenvalue weighted by Crippen LogP contribution is -2.49. The van der Waals surface area contributed by atoms with E-state index in [9.17, 15) is 4.79 Å². The number of hydrazone groups is 1. The molecular weight excluding hydrogens is 180 g/mol. The summed E-state index contributed by atoms with van der Waals surface area (Å²) >= 11 is 0. The van der Waals surface area contributed by atoms with Gasteiger partial charge in [-0.3, -0.25) is 9.80 Å². The van der Waals surface area contributed by atoms with E-state index >= 15 is 0 Å². The van der Waals surface area contributed by atoms with Crippen LogP contribution >= 0.6 is 0 Å². The van der Waals surface area contributed by atoms with Crippen LogP contribution in [0.3, 0.4) is 0 Å². The summed E-state index contributed by atoms with van der Waals surface area (Å²) in [4.78, 5) is 11.4. The molecule has 2 unspecified atom stereocenters. The highest BCUT2D eigenvalue weighted by Gasteiger charge is 2.41. The molecule has 0 aromatic heterocycles. The Kier molecular flexibility index (Phi) is 1.99. The van der Waals surface area contributed by atoms with E-state index in [0.29, 0.717) is 6.04 Å². The fraction of sp³-hybridized carbons (Fsp3) is 0.778. The molecule has 2 aliphatic heterocycles. The van der Waals surface area contributed by atoms with Gasteiger partial charge in [-0.05, 0) is 11.8 Å². The molecule has 5 nitrogen and oxygen atoms in total. The highest BCUT2D eigenvalue weighted by Crippen LogP contribution is 2.29. The predicted molar refractivity (Wildman–Crippen MR) is 53.3 cm³/mol. The van der Waals surface area contributed by atoms with E-state index in [4.69, 9.17) is 0 Å². The Morgan fingerprint density at radius 1 is 1.57 bits per heavy atom. The van der Waals surface area contributed by atoms with Crippen LogP contribution in [-0.2, 0) is 4.79 Å². The Balaban J connectivity index is 2.13. The van der Waals surface area contributed by atoms with Crippen molar-refractivity contribution in [2.75, 3.05) is 0 Å². The summed E-state index contributed by atoms with van der Waals surface area (Å²) in [5, 5.41) is 5.56. The van der Waals surface area contributed by atoms with Crippen LogP contribution in [0.2, 0.25) is 0 Å². The Morgan fingerprint density at radius 2 is 2.29 bits per heavy atom. The van der Waals surface area contributed by atoms with Gasteiger partial charge in [-0.1, -0.05) is 20.8 Å². The lowest BCUT2D eigenvalue weighted by atomic mass is 9.84. The van der Waals surface area contributed by atoms with E-state index in [0.717, 1.165) is 6.42 Å². The molecule has 0 spiro atoms. The summed E-state index contributed by atoms with van der Waals surface area (Å²) in [6.07, 6.45) is 2.47. The molecule has 1 saturated heterocycles. The molecule has 0 aromatic rings. The number of amides is 1. The number of carbonyl (C=O) groups is 1. The first kappa shape index (κ1) is 9.45. The van der Waals surface area contributed by atoms with Crippen molar-refractivity contribution in [2.45, 2.75) is 39.3 Å². The summed E-state index contributed by atoms with van der Waals surface area (Å²) in [6, 6.07) is 0.222. The average Bonchev–Trinajstić information content (AvgIpc) is 2.48. The maximum absolute atomic E-state index is 11.4. The zero-order valence-electron chi connectivity index (χ0n) is 8.74. The SMILES string of the molecule is CC(C)(C)C1CC2C(=O)NN=CN2N1. The third-order valence-corrected chi connectivity index (χ3v) is 2.80. The van der Waals surface area contributed by atoms with Gasteiger partial charge >= 0.3 is 0 Å². The minimum atomic E-state index is -0.100. The summed E-state index contributed by atoms with van der Waals surface area (Å²) < 4.78 is 0. The second kappa shape index (κ2) is 2.95. The van der Waals surface area contributed by atoms with Crippen molar-refractivity contribution >= 4 is 12.2 Å². The molecule has 0 aromatic carbocycles. The number of rotatable bonds is 0. The van der Waals surface area contributed by atoms with Crippen molar-refractivity contribution in [3.63, 3.8) is 0 Å². The highest BCUT2D eigenvalue weighted by atomic mass is 16.2. The number of hydrazine groups is 1. The third-order valence-electron chi connectivity index (χ3n) is 2.80. The van der Waals surface area contributed by atoms with Crippen LogP contribution in [0.1, 0.15) is 27.2 Å². The summed E-state index contributed by atoms with van der Waals surface area (Å²) in [5.74, 6) is -0.0215. The van der Waals surface area contributed by atoms with Crippen LogP contribution in [0, 0.1) is 5.41 Å². The molecule has 2 heterocycles. The van der Waals surface area contributed by atoms with Gasteiger partial charge in [0.25, 0.3) is 5.91 Å². The smallest absolute Gasteiger partial charge is 0.264 e. The van der Waals surface area contributed by atoms with Crippen LogP contribution in [0.15, 0.2) is 5.10 Å². The van der Waals surface area contributed by atoms with Crippen molar-refractivity contribution in [2.24, 2.45) is 10.5 Å². The van der Waals surface area contributed by atoms with E-state index in [1.54, 1.807) is 11.3 Å². The van der Waals surface area contributed by atoms with Gasteiger partial charge in [0.05, 0.1) is 0 Å². The van der Waals surface area contributed by atoms with Crippen molar-refractivity contribution < 1.29 is 4.79 Å². The molecule has 14 heavy (non-hydrogen) atoms. The van der Waals surface area contributed by atoms with Crippen LogP contribution in [0.4, 0.5) is 0 Å². The Labute approximate surface area is 83.5 Å². The van der Waals surface area contributed by atoms with Crippen LogP contribution < -0.4 is 10.9 Å². The Bertz CT molecular complexity index is 281. The maximum Gasteiger partial charge on any atom is 0.264 e. The van der Waals surface area contributed by atoms with Gasteiger partial charge in [-0.25, -0.2) is 10.9 Å². The van der Waals surface area contributed by atoms with E-state index in [-0.39, 0.29) is 17.4 Å². The van der Waals surface area contributed by atoms with Gasteiger partial charge in [0.2, 0.25) is 0 Å². The quantitative estimate of drug-likeness (QED) is 0.575. The lowest BCUT2D eigenvalue weighted by molar-refractivity contribution is -0.125. The normalized spacial score (nSPS) is 31.6. The Morgan fingerprint density at radius 3 is 2.86 bits per heavy atom. The molecule has 0 aliphatic carbocycles. The molecule has 2 atom stereocenters. The van der Waals surface area contributed by atoms with Crippen LogP contribution in [0.5, 0.6) is 0 Å². The minimum Gasteiger partial charge on any atom is -0.284 e. The number of carbonyl (C=O) groups excluding carboxylic acids is 1.